The molecule has 4 rings (SSSR count). The van der Waals surface area contributed by atoms with Gasteiger partial charge in [-0.3, -0.25) is 14.5 Å². The third-order valence-electron chi connectivity index (χ3n) is 7.58. The van der Waals surface area contributed by atoms with Gasteiger partial charge in [0.2, 0.25) is 5.91 Å². The molecule has 37 heavy (non-hydrogen) atoms. The van der Waals surface area contributed by atoms with Gasteiger partial charge in [-0.2, -0.15) is 0 Å². The molecule has 7 nitrogen and oxygen atoms in total. The molecule has 2 atom stereocenters. The number of carbonyl (C=O) groups is 2. The minimum Gasteiger partial charge on any atom is -0.481 e. The summed E-state index contributed by atoms with van der Waals surface area (Å²) in [5.41, 5.74) is 4.60. The number of methoxy groups -OCH3 is 1. The number of fused-ring (bicyclic) bond motifs is 1. The fourth-order valence-corrected chi connectivity index (χ4v) is 5.33. The van der Waals surface area contributed by atoms with E-state index in [0.717, 1.165) is 37.2 Å². The van der Waals surface area contributed by atoms with Gasteiger partial charge in [-0.1, -0.05) is 49.7 Å². The standard InChI is InChI=1S/C30H41N3O4/c1-5-27(30(35)32-17-15-31(16-18-32)19-20-36-4)37-25-12-11-23-13-14-33(28(34)6-2)29(26(23)21-25)24-9-7-22(3)8-10-24/h7-12,21,27,29H,5-6,13-20H2,1-4H3/t27-,29+/m0/s1. The molecule has 1 saturated heterocycles. The van der Waals surface area contributed by atoms with Gasteiger partial charge in [-0.15, -0.1) is 0 Å². The second-order valence-corrected chi connectivity index (χ2v) is 10.0. The summed E-state index contributed by atoms with van der Waals surface area (Å²) < 4.78 is 11.5. The Morgan fingerprint density at radius 1 is 1.00 bits per heavy atom. The average molecular weight is 508 g/mol. The normalized spacial score (nSPS) is 18.9. The van der Waals surface area contributed by atoms with Gasteiger partial charge in [-0.05, 0) is 48.6 Å². The summed E-state index contributed by atoms with van der Waals surface area (Å²) in [6.07, 6.45) is 1.35. The highest BCUT2D eigenvalue weighted by molar-refractivity contribution is 5.81. The molecule has 2 aliphatic rings. The van der Waals surface area contributed by atoms with Gasteiger partial charge in [0.1, 0.15) is 5.75 Å². The number of carbonyl (C=O) groups excluding carboxylic acids is 2. The van der Waals surface area contributed by atoms with Gasteiger partial charge < -0.3 is 19.3 Å². The Hall–Kier alpha value is -2.90. The first-order valence-corrected chi connectivity index (χ1v) is 13.6. The number of aryl methyl sites for hydroxylation is 1. The zero-order valence-corrected chi connectivity index (χ0v) is 22.7. The second kappa shape index (κ2) is 12.6. The molecule has 0 aromatic heterocycles. The molecule has 0 spiro atoms. The van der Waals surface area contributed by atoms with E-state index < -0.39 is 6.10 Å². The van der Waals surface area contributed by atoms with Crippen molar-refractivity contribution in [1.82, 2.24) is 14.7 Å². The van der Waals surface area contributed by atoms with Crippen LogP contribution in [0.15, 0.2) is 42.5 Å². The molecule has 0 saturated carbocycles. The van der Waals surface area contributed by atoms with Crippen LogP contribution in [-0.4, -0.2) is 85.6 Å². The fraction of sp³-hybridized carbons (Fsp3) is 0.533. The maximum Gasteiger partial charge on any atom is 0.263 e. The van der Waals surface area contributed by atoms with Crippen LogP contribution in [0.25, 0.3) is 0 Å². The van der Waals surface area contributed by atoms with E-state index in [1.807, 2.05) is 35.8 Å². The Morgan fingerprint density at radius 2 is 1.73 bits per heavy atom. The lowest BCUT2D eigenvalue weighted by Crippen LogP contribution is -2.52. The molecular weight excluding hydrogens is 466 g/mol. The second-order valence-electron chi connectivity index (χ2n) is 10.0. The summed E-state index contributed by atoms with van der Waals surface area (Å²) in [5.74, 6) is 0.874. The summed E-state index contributed by atoms with van der Waals surface area (Å²) in [6.45, 7) is 11.4. The van der Waals surface area contributed by atoms with E-state index >= 15 is 0 Å². The van der Waals surface area contributed by atoms with Gasteiger partial charge in [0.15, 0.2) is 6.10 Å². The first-order chi connectivity index (χ1) is 17.9. The lowest BCUT2D eigenvalue weighted by Gasteiger charge is -2.38. The Kier molecular flexibility index (Phi) is 9.22. The number of rotatable bonds is 9. The topological polar surface area (TPSA) is 62.3 Å². The summed E-state index contributed by atoms with van der Waals surface area (Å²) in [6, 6.07) is 14.4. The summed E-state index contributed by atoms with van der Waals surface area (Å²) in [4.78, 5) is 32.5. The van der Waals surface area contributed by atoms with Gasteiger partial charge in [0.25, 0.3) is 5.91 Å². The van der Waals surface area contributed by atoms with Crippen LogP contribution in [0.4, 0.5) is 0 Å². The van der Waals surface area contributed by atoms with E-state index in [4.69, 9.17) is 9.47 Å². The minimum atomic E-state index is -0.529. The number of benzene rings is 2. The Morgan fingerprint density at radius 3 is 2.38 bits per heavy atom. The van der Waals surface area contributed by atoms with Crippen LogP contribution in [0.5, 0.6) is 5.75 Å². The minimum absolute atomic E-state index is 0.0458. The van der Waals surface area contributed by atoms with Crippen molar-refractivity contribution < 1.29 is 19.1 Å². The van der Waals surface area contributed by atoms with E-state index in [0.29, 0.717) is 44.8 Å². The van der Waals surface area contributed by atoms with Crippen molar-refractivity contribution >= 4 is 11.8 Å². The van der Waals surface area contributed by atoms with Crippen molar-refractivity contribution in [3.8, 4) is 5.75 Å². The molecule has 0 unspecified atom stereocenters. The number of piperazine rings is 1. The lowest BCUT2D eigenvalue weighted by atomic mass is 9.87. The number of ether oxygens (including phenoxy) is 2. The lowest BCUT2D eigenvalue weighted by molar-refractivity contribution is -0.140. The molecule has 2 aliphatic heterocycles. The molecule has 0 radical (unpaired) electrons. The molecular formula is C30H41N3O4. The average Bonchev–Trinajstić information content (AvgIpc) is 2.94. The molecule has 2 aromatic carbocycles. The van der Waals surface area contributed by atoms with Crippen molar-refractivity contribution in [3.63, 3.8) is 0 Å². The molecule has 0 bridgehead atoms. The predicted octanol–water partition coefficient (Wildman–Crippen LogP) is 3.83. The summed E-state index contributed by atoms with van der Waals surface area (Å²) >= 11 is 0. The van der Waals surface area contributed by atoms with E-state index in [9.17, 15) is 9.59 Å². The van der Waals surface area contributed by atoms with Crippen LogP contribution < -0.4 is 4.74 Å². The third-order valence-corrected chi connectivity index (χ3v) is 7.58. The van der Waals surface area contributed by atoms with Crippen molar-refractivity contribution in [2.75, 3.05) is 53.0 Å². The highest BCUT2D eigenvalue weighted by atomic mass is 16.5. The fourth-order valence-electron chi connectivity index (χ4n) is 5.33. The van der Waals surface area contributed by atoms with Gasteiger partial charge in [-0.25, -0.2) is 0 Å². The maximum absolute atomic E-state index is 13.3. The summed E-state index contributed by atoms with van der Waals surface area (Å²) in [7, 11) is 1.71. The van der Waals surface area contributed by atoms with E-state index in [1.165, 1.54) is 11.1 Å². The zero-order chi connectivity index (χ0) is 26.4. The Bertz CT molecular complexity index is 1060. The first kappa shape index (κ1) is 27.1. The van der Waals surface area contributed by atoms with Crippen molar-refractivity contribution in [2.24, 2.45) is 0 Å². The summed E-state index contributed by atoms with van der Waals surface area (Å²) in [5, 5.41) is 0. The van der Waals surface area contributed by atoms with Crippen molar-refractivity contribution in [1.29, 1.82) is 0 Å². The number of hydrogen-bond acceptors (Lipinski definition) is 5. The molecule has 2 amide bonds. The van der Waals surface area contributed by atoms with Crippen LogP contribution in [0.3, 0.4) is 0 Å². The molecule has 200 valence electrons. The maximum atomic E-state index is 13.3. The van der Waals surface area contributed by atoms with Crippen LogP contribution in [0.2, 0.25) is 0 Å². The van der Waals surface area contributed by atoms with E-state index in [2.05, 4.69) is 42.2 Å². The largest absolute Gasteiger partial charge is 0.481 e. The SMILES string of the molecule is CCC(=O)N1CCc2ccc(O[C@@H](CC)C(=O)N3CCN(CCOC)CC3)cc2[C@H]1c1ccc(C)cc1. The highest BCUT2D eigenvalue weighted by Crippen LogP contribution is 2.38. The molecule has 2 aromatic rings. The smallest absolute Gasteiger partial charge is 0.263 e. The van der Waals surface area contributed by atoms with Crippen LogP contribution in [-0.2, 0) is 20.7 Å². The molecule has 0 N–H and O–H groups in total. The van der Waals surface area contributed by atoms with Crippen LogP contribution >= 0.6 is 0 Å². The quantitative estimate of drug-likeness (QED) is 0.516. The van der Waals surface area contributed by atoms with E-state index in [-0.39, 0.29) is 17.9 Å². The molecule has 1 fully saturated rings. The number of nitrogens with zero attached hydrogens (tertiary/aromatic N) is 3. The van der Waals surface area contributed by atoms with Crippen molar-refractivity contribution in [3.05, 3.63) is 64.7 Å². The Balaban J connectivity index is 1.53. The number of hydrogen-bond donors (Lipinski definition) is 0. The predicted molar refractivity (Wildman–Crippen MR) is 145 cm³/mol. The van der Waals surface area contributed by atoms with Crippen LogP contribution in [0, 0.1) is 6.92 Å². The Labute approximate surface area is 221 Å². The zero-order valence-electron chi connectivity index (χ0n) is 22.7. The van der Waals surface area contributed by atoms with Crippen molar-refractivity contribution in [2.45, 2.75) is 52.2 Å². The van der Waals surface area contributed by atoms with E-state index in [1.54, 1.807) is 7.11 Å². The molecule has 7 heteroatoms. The van der Waals surface area contributed by atoms with Crippen LogP contribution in [0.1, 0.15) is 55.0 Å². The highest BCUT2D eigenvalue weighted by Gasteiger charge is 2.33. The molecule has 0 aliphatic carbocycles. The molecule has 2 heterocycles. The first-order valence-electron chi connectivity index (χ1n) is 13.6. The third kappa shape index (κ3) is 6.33. The van der Waals surface area contributed by atoms with Gasteiger partial charge in [0.05, 0.1) is 12.6 Å². The monoisotopic (exact) mass is 507 g/mol. The number of amides is 2. The van der Waals surface area contributed by atoms with Gasteiger partial charge in [0, 0.05) is 52.8 Å². The van der Waals surface area contributed by atoms with Gasteiger partial charge >= 0.3 is 0 Å².